The van der Waals surface area contributed by atoms with Crippen LogP contribution in [0.15, 0.2) is 24.3 Å². The van der Waals surface area contributed by atoms with E-state index in [-0.39, 0.29) is 0 Å². The summed E-state index contributed by atoms with van der Waals surface area (Å²) in [7, 11) is 1.98. The maximum Gasteiger partial charge on any atom is 0.0731 e. The van der Waals surface area contributed by atoms with Crippen molar-refractivity contribution in [2.75, 3.05) is 0 Å². The molecular weight excluding hydrogens is 236 g/mol. The highest BCUT2D eigenvalue weighted by Crippen LogP contribution is 2.31. The number of aryl methyl sites for hydroxylation is 1. The first-order valence-electron chi connectivity index (χ1n) is 7.31. The number of para-hydroxylation sites is 1. The number of hydrogen-bond acceptors (Lipinski definition) is 2. The summed E-state index contributed by atoms with van der Waals surface area (Å²) in [4.78, 5) is 0. The lowest BCUT2D eigenvalue weighted by atomic mass is 9.89. The minimum Gasteiger partial charge on any atom is -0.389 e. The van der Waals surface area contributed by atoms with E-state index in [4.69, 9.17) is 0 Å². The number of fused-ring (bicyclic) bond motifs is 1. The van der Waals surface area contributed by atoms with Crippen LogP contribution in [0.3, 0.4) is 0 Å². The lowest BCUT2D eigenvalue weighted by molar-refractivity contribution is 0.0245. The Kier molecular flexibility index (Phi) is 3.31. The van der Waals surface area contributed by atoms with E-state index in [1.54, 1.807) is 0 Å². The molecule has 1 N–H and O–H groups in total. The molecule has 1 heterocycles. The van der Waals surface area contributed by atoms with Crippen molar-refractivity contribution in [1.82, 2.24) is 9.78 Å². The average Bonchev–Trinajstić information content (AvgIpc) is 2.58. The summed E-state index contributed by atoms with van der Waals surface area (Å²) in [6.45, 7) is 0. The highest BCUT2D eigenvalue weighted by Gasteiger charge is 2.30. The summed E-state index contributed by atoms with van der Waals surface area (Å²) in [6, 6.07) is 8.28. The zero-order valence-corrected chi connectivity index (χ0v) is 11.6. The van der Waals surface area contributed by atoms with Crippen molar-refractivity contribution >= 4 is 10.9 Å². The van der Waals surface area contributed by atoms with Crippen molar-refractivity contribution in [3.63, 3.8) is 0 Å². The van der Waals surface area contributed by atoms with E-state index in [9.17, 15) is 5.11 Å². The number of aliphatic hydroxyl groups is 1. The number of benzene rings is 1. The van der Waals surface area contributed by atoms with Crippen molar-refractivity contribution < 1.29 is 5.11 Å². The van der Waals surface area contributed by atoms with Gasteiger partial charge in [-0.25, -0.2) is 0 Å². The van der Waals surface area contributed by atoms with Gasteiger partial charge in [-0.1, -0.05) is 43.9 Å². The molecule has 0 atom stereocenters. The molecule has 2 aromatic rings. The topological polar surface area (TPSA) is 38.0 Å². The van der Waals surface area contributed by atoms with Crippen molar-refractivity contribution in [1.29, 1.82) is 0 Å². The number of rotatable bonds is 2. The van der Waals surface area contributed by atoms with Gasteiger partial charge in [-0.05, 0) is 18.9 Å². The van der Waals surface area contributed by atoms with E-state index < -0.39 is 5.60 Å². The van der Waals surface area contributed by atoms with Crippen LogP contribution in [0.1, 0.15) is 44.2 Å². The van der Waals surface area contributed by atoms with Gasteiger partial charge in [-0.3, -0.25) is 4.68 Å². The molecule has 1 aromatic carbocycles. The smallest absolute Gasteiger partial charge is 0.0731 e. The van der Waals surface area contributed by atoms with Gasteiger partial charge in [0.15, 0.2) is 0 Å². The molecule has 1 saturated carbocycles. The van der Waals surface area contributed by atoms with Crippen LogP contribution in [-0.2, 0) is 13.5 Å². The van der Waals surface area contributed by atoms with E-state index in [2.05, 4.69) is 17.2 Å². The molecule has 0 radical (unpaired) electrons. The standard InChI is InChI=1S/C16H22N2O/c1-18-15-9-5-4-8-13(15)14(17-18)12-16(19)10-6-2-3-7-11-16/h4-5,8-9,19H,2-3,6-7,10-12H2,1H3. The molecule has 0 saturated heterocycles. The SMILES string of the molecule is Cn1nc(CC2(O)CCCCCC2)c2ccccc21. The van der Waals surface area contributed by atoms with Gasteiger partial charge in [-0.15, -0.1) is 0 Å². The predicted octanol–water partition coefficient (Wildman–Crippen LogP) is 3.20. The van der Waals surface area contributed by atoms with E-state index in [0.717, 1.165) is 36.9 Å². The van der Waals surface area contributed by atoms with Gasteiger partial charge in [-0.2, -0.15) is 5.10 Å². The van der Waals surface area contributed by atoms with Crippen LogP contribution in [-0.4, -0.2) is 20.5 Å². The maximum atomic E-state index is 10.8. The molecule has 102 valence electrons. The summed E-state index contributed by atoms with van der Waals surface area (Å²) < 4.78 is 1.92. The summed E-state index contributed by atoms with van der Waals surface area (Å²) in [6.07, 6.45) is 7.31. The second kappa shape index (κ2) is 4.97. The molecule has 3 rings (SSSR count). The molecule has 19 heavy (non-hydrogen) atoms. The number of nitrogens with zero attached hydrogens (tertiary/aromatic N) is 2. The van der Waals surface area contributed by atoms with Crippen LogP contribution < -0.4 is 0 Å². The van der Waals surface area contributed by atoms with Crippen LogP contribution in [0.4, 0.5) is 0 Å². The van der Waals surface area contributed by atoms with Crippen LogP contribution in [0.5, 0.6) is 0 Å². The minimum absolute atomic E-state index is 0.548. The first kappa shape index (κ1) is 12.7. The van der Waals surface area contributed by atoms with Crippen LogP contribution >= 0.6 is 0 Å². The van der Waals surface area contributed by atoms with Gasteiger partial charge in [0.1, 0.15) is 0 Å². The van der Waals surface area contributed by atoms with E-state index in [1.807, 2.05) is 23.9 Å². The zero-order valence-electron chi connectivity index (χ0n) is 11.6. The molecule has 0 amide bonds. The monoisotopic (exact) mass is 258 g/mol. The number of aromatic nitrogens is 2. The normalized spacial score (nSPS) is 19.5. The Labute approximate surface area is 114 Å². The third-order valence-corrected chi connectivity index (χ3v) is 4.37. The Bertz CT molecular complexity index is 565. The Morgan fingerprint density at radius 1 is 1.16 bits per heavy atom. The Morgan fingerprint density at radius 2 is 1.84 bits per heavy atom. The van der Waals surface area contributed by atoms with Gasteiger partial charge in [0.2, 0.25) is 0 Å². The quantitative estimate of drug-likeness (QED) is 0.840. The molecule has 1 fully saturated rings. The van der Waals surface area contributed by atoms with Crippen molar-refractivity contribution in [2.24, 2.45) is 7.05 Å². The fourth-order valence-electron chi connectivity index (χ4n) is 3.29. The zero-order chi connectivity index (χ0) is 13.3. The Hall–Kier alpha value is -1.35. The molecule has 3 heteroatoms. The summed E-state index contributed by atoms with van der Waals surface area (Å²) >= 11 is 0. The molecule has 0 aliphatic heterocycles. The average molecular weight is 258 g/mol. The molecule has 0 spiro atoms. The van der Waals surface area contributed by atoms with Crippen molar-refractivity contribution in [2.45, 2.75) is 50.5 Å². The fraction of sp³-hybridized carbons (Fsp3) is 0.562. The van der Waals surface area contributed by atoms with Gasteiger partial charge in [0.25, 0.3) is 0 Å². The van der Waals surface area contributed by atoms with E-state index >= 15 is 0 Å². The lowest BCUT2D eigenvalue weighted by Crippen LogP contribution is -2.30. The lowest BCUT2D eigenvalue weighted by Gasteiger charge is -2.25. The van der Waals surface area contributed by atoms with E-state index in [1.165, 1.54) is 18.2 Å². The van der Waals surface area contributed by atoms with Crippen molar-refractivity contribution in [3.05, 3.63) is 30.0 Å². The molecule has 1 aliphatic rings. The predicted molar refractivity (Wildman–Crippen MR) is 77.1 cm³/mol. The Balaban J connectivity index is 1.92. The van der Waals surface area contributed by atoms with Crippen LogP contribution in [0.2, 0.25) is 0 Å². The number of hydrogen-bond donors (Lipinski definition) is 1. The molecule has 1 aliphatic carbocycles. The van der Waals surface area contributed by atoms with Gasteiger partial charge in [0.05, 0.1) is 16.8 Å². The summed E-state index contributed by atoms with van der Waals surface area (Å²) in [5, 5.41) is 16.6. The highest BCUT2D eigenvalue weighted by molar-refractivity contribution is 5.81. The minimum atomic E-state index is -0.548. The molecule has 3 nitrogen and oxygen atoms in total. The summed E-state index contributed by atoms with van der Waals surface area (Å²) in [5.74, 6) is 0. The molecular formula is C16H22N2O. The van der Waals surface area contributed by atoms with Crippen molar-refractivity contribution in [3.8, 4) is 0 Å². The molecule has 0 unspecified atom stereocenters. The van der Waals surface area contributed by atoms with Crippen LogP contribution in [0.25, 0.3) is 10.9 Å². The van der Waals surface area contributed by atoms with E-state index in [0.29, 0.717) is 6.42 Å². The first-order valence-corrected chi connectivity index (χ1v) is 7.31. The fourth-order valence-corrected chi connectivity index (χ4v) is 3.29. The molecule has 1 aromatic heterocycles. The third kappa shape index (κ3) is 2.52. The van der Waals surface area contributed by atoms with Gasteiger partial charge in [0, 0.05) is 18.9 Å². The second-order valence-corrected chi connectivity index (χ2v) is 5.90. The maximum absolute atomic E-state index is 10.8. The Morgan fingerprint density at radius 3 is 2.58 bits per heavy atom. The third-order valence-electron chi connectivity index (χ3n) is 4.37. The van der Waals surface area contributed by atoms with Gasteiger partial charge >= 0.3 is 0 Å². The van der Waals surface area contributed by atoms with Gasteiger partial charge < -0.3 is 5.11 Å². The highest BCUT2D eigenvalue weighted by atomic mass is 16.3. The summed E-state index contributed by atoms with van der Waals surface area (Å²) in [5.41, 5.74) is 1.64. The largest absolute Gasteiger partial charge is 0.389 e. The first-order chi connectivity index (χ1) is 9.18. The molecule has 0 bridgehead atoms. The second-order valence-electron chi connectivity index (χ2n) is 5.90. The van der Waals surface area contributed by atoms with Crippen LogP contribution in [0, 0.1) is 0 Å².